The highest BCUT2D eigenvalue weighted by Crippen LogP contribution is 2.60. The van der Waals surface area contributed by atoms with Crippen molar-refractivity contribution in [2.75, 3.05) is 5.32 Å². The molecule has 0 radical (unpaired) electrons. The van der Waals surface area contributed by atoms with Gasteiger partial charge in [0, 0.05) is 6.07 Å². The Labute approximate surface area is 142 Å². The lowest BCUT2D eigenvalue weighted by atomic mass is 9.49. The second kappa shape index (κ2) is 4.97. The fourth-order valence-electron chi connectivity index (χ4n) is 5.63. The molecule has 126 valence electrons. The second-order valence-electron chi connectivity index (χ2n) is 7.91. The van der Waals surface area contributed by atoms with E-state index in [0.717, 1.165) is 36.7 Å². The maximum Gasteiger partial charge on any atom is 0.232 e. The van der Waals surface area contributed by atoms with Gasteiger partial charge in [-0.05, 0) is 62.3 Å². The van der Waals surface area contributed by atoms with Crippen LogP contribution in [0.4, 0.5) is 13.9 Å². The van der Waals surface area contributed by atoms with Crippen molar-refractivity contribution >= 4 is 32.6 Å². The zero-order valence-electron chi connectivity index (χ0n) is 13.1. The molecule has 4 aliphatic carbocycles. The van der Waals surface area contributed by atoms with Crippen LogP contribution in [0.15, 0.2) is 12.1 Å². The lowest BCUT2D eigenvalue weighted by molar-refractivity contribution is -0.140. The summed E-state index contributed by atoms with van der Waals surface area (Å²) in [4.78, 5) is 17.1. The number of nitrogens with zero attached hydrogens (tertiary/aromatic N) is 1. The van der Waals surface area contributed by atoms with Crippen LogP contribution in [0.2, 0.25) is 0 Å². The first-order chi connectivity index (χ1) is 11.5. The van der Waals surface area contributed by atoms with Crippen LogP contribution < -0.4 is 5.32 Å². The van der Waals surface area contributed by atoms with Crippen LogP contribution in [0.1, 0.15) is 38.5 Å². The molecule has 0 spiro atoms. The number of hydrogen-bond donors (Lipinski definition) is 1. The van der Waals surface area contributed by atoms with Crippen molar-refractivity contribution in [1.29, 1.82) is 0 Å². The monoisotopic (exact) mass is 348 g/mol. The summed E-state index contributed by atoms with van der Waals surface area (Å²) >= 11 is 1.13. The SMILES string of the molecule is O=C(Nc1nc2c(F)cc(F)cc2s1)C12CC3CC(CC(C3)C1)C2. The van der Waals surface area contributed by atoms with Crippen molar-refractivity contribution in [2.45, 2.75) is 38.5 Å². The maximum absolute atomic E-state index is 13.8. The number of aromatic nitrogens is 1. The summed E-state index contributed by atoms with van der Waals surface area (Å²) in [5.74, 6) is 0.775. The first kappa shape index (κ1) is 14.8. The van der Waals surface area contributed by atoms with Crippen LogP contribution in [0, 0.1) is 34.8 Å². The van der Waals surface area contributed by atoms with Crippen LogP contribution in [0.3, 0.4) is 0 Å². The van der Waals surface area contributed by atoms with Crippen molar-refractivity contribution in [3.8, 4) is 0 Å². The molecule has 0 aliphatic heterocycles. The largest absolute Gasteiger partial charge is 0.301 e. The molecule has 3 nitrogen and oxygen atoms in total. The highest BCUT2D eigenvalue weighted by Gasteiger charge is 2.54. The van der Waals surface area contributed by atoms with E-state index in [1.807, 2.05) is 0 Å². The Balaban J connectivity index is 1.44. The summed E-state index contributed by atoms with van der Waals surface area (Å²) in [7, 11) is 0. The van der Waals surface area contributed by atoms with Crippen LogP contribution in [-0.2, 0) is 4.79 Å². The molecule has 1 heterocycles. The molecule has 1 N–H and O–H groups in total. The van der Waals surface area contributed by atoms with E-state index in [2.05, 4.69) is 10.3 Å². The van der Waals surface area contributed by atoms with Crippen molar-refractivity contribution in [2.24, 2.45) is 23.2 Å². The second-order valence-corrected chi connectivity index (χ2v) is 8.94. The molecule has 1 amide bonds. The Kier molecular flexibility index (Phi) is 3.06. The van der Waals surface area contributed by atoms with Crippen LogP contribution >= 0.6 is 11.3 Å². The predicted molar refractivity (Wildman–Crippen MR) is 88.8 cm³/mol. The molecule has 0 unspecified atom stereocenters. The Hall–Kier alpha value is -1.56. The van der Waals surface area contributed by atoms with Gasteiger partial charge in [-0.2, -0.15) is 0 Å². The Morgan fingerprint density at radius 2 is 1.75 bits per heavy atom. The standard InChI is InChI=1S/C18H18F2N2OS/c19-12-4-13(20)15-14(5-12)24-17(21-15)22-16(23)18-6-9-1-10(7-18)3-11(2-9)8-18/h4-5,9-11H,1-3,6-8H2,(H,21,22,23). The average Bonchev–Trinajstić information content (AvgIpc) is 2.88. The highest BCUT2D eigenvalue weighted by molar-refractivity contribution is 7.22. The number of fused-ring (bicyclic) bond motifs is 1. The van der Waals surface area contributed by atoms with Crippen molar-refractivity contribution < 1.29 is 13.6 Å². The minimum atomic E-state index is -0.684. The number of carbonyl (C=O) groups excluding carboxylic acids is 1. The van der Waals surface area contributed by atoms with Gasteiger partial charge in [-0.3, -0.25) is 4.79 Å². The quantitative estimate of drug-likeness (QED) is 0.852. The number of thiazole rings is 1. The van der Waals surface area contributed by atoms with Crippen molar-refractivity contribution in [1.82, 2.24) is 4.98 Å². The minimum Gasteiger partial charge on any atom is -0.301 e. The van der Waals surface area contributed by atoms with Gasteiger partial charge >= 0.3 is 0 Å². The zero-order chi connectivity index (χ0) is 16.5. The van der Waals surface area contributed by atoms with Gasteiger partial charge in [0.05, 0.1) is 10.1 Å². The molecule has 4 bridgehead atoms. The van der Waals surface area contributed by atoms with E-state index in [9.17, 15) is 13.6 Å². The lowest BCUT2D eigenvalue weighted by Crippen LogP contribution is -2.51. The molecular weight excluding hydrogens is 330 g/mol. The number of hydrogen-bond acceptors (Lipinski definition) is 3. The van der Waals surface area contributed by atoms with Gasteiger partial charge in [-0.1, -0.05) is 11.3 Å². The molecule has 4 saturated carbocycles. The topological polar surface area (TPSA) is 42.0 Å². The molecule has 4 aliphatic rings. The molecule has 4 fully saturated rings. The zero-order valence-corrected chi connectivity index (χ0v) is 14.0. The van der Waals surface area contributed by atoms with Gasteiger partial charge in [-0.15, -0.1) is 0 Å². The van der Waals surface area contributed by atoms with Crippen LogP contribution in [-0.4, -0.2) is 10.9 Å². The van der Waals surface area contributed by atoms with E-state index in [0.29, 0.717) is 27.6 Å². The summed E-state index contributed by atoms with van der Waals surface area (Å²) in [5, 5.41) is 3.29. The van der Waals surface area contributed by atoms with Gasteiger partial charge in [-0.25, -0.2) is 13.8 Å². The lowest BCUT2D eigenvalue weighted by Gasteiger charge is -2.55. The third kappa shape index (κ3) is 2.19. The van der Waals surface area contributed by atoms with E-state index >= 15 is 0 Å². The third-order valence-corrected chi connectivity index (χ3v) is 7.07. The number of amides is 1. The summed E-state index contributed by atoms with van der Waals surface area (Å²) in [6.45, 7) is 0. The first-order valence-electron chi connectivity index (χ1n) is 8.58. The smallest absolute Gasteiger partial charge is 0.232 e. The van der Waals surface area contributed by atoms with E-state index < -0.39 is 11.6 Å². The molecule has 6 heteroatoms. The fourth-order valence-corrected chi connectivity index (χ4v) is 6.53. The van der Waals surface area contributed by atoms with Gasteiger partial charge in [0.1, 0.15) is 11.3 Å². The number of anilines is 1. The van der Waals surface area contributed by atoms with Gasteiger partial charge < -0.3 is 5.32 Å². The molecule has 0 saturated heterocycles. The van der Waals surface area contributed by atoms with Crippen LogP contribution in [0.25, 0.3) is 10.2 Å². The Morgan fingerprint density at radius 1 is 1.12 bits per heavy atom. The molecular formula is C18H18F2N2OS. The predicted octanol–water partition coefficient (Wildman–Crippen LogP) is 4.73. The molecule has 1 aromatic carbocycles. The summed E-state index contributed by atoms with van der Waals surface area (Å²) < 4.78 is 27.6. The summed E-state index contributed by atoms with van der Waals surface area (Å²) in [5.41, 5.74) is -0.140. The Bertz CT molecular complexity index is 812. The number of nitrogens with one attached hydrogen (secondary N) is 1. The summed E-state index contributed by atoms with van der Waals surface area (Å²) in [6.07, 6.45) is 6.74. The number of halogens is 2. The van der Waals surface area contributed by atoms with Crippen LogP contribution in [0.5, 0.6) is 0 Å². The van der Waals surface area contributed by atoms with Gasteiger partial charge in [0.15, 0.2) is 10.9 Å². The molecule has 1 aromatic heterocycles. The highest BCUT2D eigenvalue weighted by atomic mass is 32.1. The number of benzene rings is 1. The van der Waals surface area contributed by atoms with E-state index in [4.69, 9.17) is 0 Å². The minimum absolute atomic E-state index is 0.0292. The van der Waals surface area contributed by atoms with E-state index in [1.54, 1.807) is 0 Å². The summed E-state index contributed by atoms with van der Waals surface area (Å²) in [6, 6.07) is 2.09. The van der Waals surface area contributed by atoms with Crippen molar-refractivity contribution in [3.63, 3.8) is 0 Å². The Morgan fingerprint density at radius 3 is 2.38 bits per heavy atom. The first-order valence-corrected chi connectivity index (χ1v) is 9.39. The molecule has 6 rings (SSSR count). The molecule has 24 heavy (non-hydrogen) atoms. The molecule has 0 atom stereocenters. The normalized spacial score (nSPS) is 34.0. The van der Waals surface area contributed by atoms with Gasteiger partial charge in [0.2, 0.25) is 5.91 Å². The average molecular weight is 348 g/mol. The van der Waals surface area contributed by atoms with E-state index in [1.165, 1.54) is 25.3 Å². The third-order valence-electron chi connectivity index (χ3n) is 6.15. The number of carbonyl (C=O) groups is 1. The van der Waals surface area contributed by atoms with Crippen molar-refractivity contribution in [3.05, 3.63) is 23.8 Å². The van der Waals surface area contributed by atoms with Gasteiger partial charge in [0.25, 0.3) is 0 Å². The molecule has 2 aromatic rings. The van der Waals surface area contributed by atoms with E-state index in [-0.39, 0.29) is 16.8 Å². The maximum atomic E-state index is 13.8. The number of rotatable bonds is 2. The fraction of sp³-hybridized carbons (Fsp3) is 0.556.